The van der Waals surface area contributed by atoms with Crippen molar-refractivity contribution in [2.45, 2.75) is 37.9 Å². The molecule has 1 atom stereocenters. The predicted octanol–water partition coefficient (Wildman–Crippen LogP) is 1.64. The van der Waals surface area contributed by atoms with Crippen LogP contribution < -0.4 is 0 Å². The lowest BCUT2D eigenvalue weighted by atomic mass is 9.89. The Morgan fingerprint density at radius 1 is 1.33 bits per heavy atom. The molecule has 0 radical (unpaired) electrons. The summed E-state index contributed by atoms with van der Waals surface area (Å²) < 4.78 is 0. The number of aliphatic hydroxyl groups is 2. The smallest absolute Gasteiger partial charge is 0.0740 e. The number of aliphatic hydroxyl groups excluding tert-OH is 1. The SMILES string of the molecule is C=CCC(O)(CC=C)C[C@@H](C)O. The molecule has 0 aromatic rings. The van der Waals surface area contributed by atoms with E-state index < -0.39 is 11.7 Å². The van der Waals surface area contributed by atoms with Crippen LogP contribution in [0.2, 0.25) is 0 Å². The maximum absolute atomic E-state index is 9.88. The van der Waals surface area contributed by atoms with Crippen LogP contribution in [-0.4, -0.2) is 21.9 Å². The fraction of sp³-hybridized carbons (Fsp3) is 0.600. The van der Waals surface area contributed by atoms with Gasteiger partial charge in [-0.25, -0.2) is 0 Å². The van der Waals surface area contributed by atoms with Gasteiger partial charge in [0.05, 0.1) is 11.7 Å². The van der Waals surface area contributed by atoms with Gasteiger partial charge in [-0.2, -0.15) is 0 Å². The minimum absolute atomic E-state index is 0.366. The van der Waals surface area contributed by atoms with E-state index in [0.717, 1.165) is 0 Å². The number of rotatable bonds is 6. The van der Waals surface area contributed by atoms with Crippen LogP contribution in [0.3, 0.4) is 0 Å². The lowest BCUT2D eigenvalue weighted by Crippen LogP contribution is -2.31. The van der Waals surface area contributed by atoms with Gasteiger partial charge in [0.1, 0.15) is 0 Å². The van der Waals surface area contributed by atoms with Crippen molar-refractivity contribution in [1.29, 1.82) is 0 Å². The van der Waals surface area contributed by atoms with Crippen molar-refractivity contribution in [1.82, 2.24) is 0 Å². The molecule has 0 unspecified atom stereocenters. The highest BCUT2D eigenvalue weighted by atomic mass is 16.3. The van der Waals surface area contributed by atoms with Crippen LogP contribution in [0, 0.1) is 0 Å². The van der Waals surface area contributed by atoms with Crippen LogP contribution >= 0.6 is 0 Å². The molecule has 2 N–H and O–H groups in total. The molecule has 0 aliphatic carbocycles. The molecule has 0 fully saturated rings. The lowest BCUT2D eigenvalue weighted by Gasteiger charge is -2.26. The first kappa shape index (κ1) is 11.4. The summed E-state index contributed by atoms with van der Waals surface area (Å²) in [6.45, 7) is 8.78. The van der Waals surface area contributed by atoms with Crippen molar-refractivity contribution in [3.8, 4) is 0 Å². The summed E-state index contributed by atoms with van der Waals surface area (Å²) in [4.78, 5) is 0. The number of hydrogen-bond acceptors (Lipinski definition) is 2. The molecule has 0 spiro atoms. The highest BCUT2D eigenvalue weighted by molar-refractivity contribution is 4.92. The second-order valence-corrected chi connectivity index (χ2v) is 3.26. The van der Waals surface area contributed by atoms with Gasteiger partial charge in [0.2, 0.25) is 0 Å². The van der Waals surface area contributed by atoms with Crippen molar-refractivity contribution in [2.24, 2.45) is 0 Å². The molecule has 0 aliphatic heterocycles. The standard InChI is InChI=1S/C10H18O2/c1-4-6-10(12,7-5-2)8-9(3)11/h4-5,9,11-12H,1-2,6-8H2,3H3/t9-/m1/s1. The first-order chi connectivity index (χ1) is 5.54. The zero-order chi connectivity index (χ0) is 9.61. The Hall–Kier alpha value is -0.600. The van der Waals surface area contributed by atoms with Crippen LogP contribution in [0.1, 0.15) is 26.2 Å². The normalized spacial score (nSPS) is 13.9. The highest BCUT2D eigenvalue weighted by Gasteiger charge is 2.25. The Labute approximate surface area is 74.2 Å². The molecule has 0 bridgehead atoms. The third kappa shape index (κ3) is 4.31. The molecule has 2 heteroatoms. The summed E-state index contributed by atoms with van der Waals surface area (Å²) in [5, 5.41) is 19.0. The van der Waals surface area contributed by atoms with E-state index in [9.17, 15) is 5.11 Å². The summed E-state index contributed by atoms with van der Waals surface area (Å²) in [6, 6.07) is 0. The first-order valence-corrected chi connectivity index (χ1v) is 4.16. The quantitative estimate of drug-likeness (QED) is 0.595. The fourth-order valence-corrected chi connectivity index (χ4v) is 1.34. The van der Waals surface area contributed by atoms with E-state index in [-0.39, 0.29) is 0 Å². The fourth-order valence-electron chi connectivity index (χ4n) is 1.34. The van der Waals surface area contributed by atoms with E-state index in [2.05, 4.69) is 13.2 Å². The van der Waals surface area contributed by atoms with Gasteiger partial charge in [0, 0.05) is 6.42 Å². The van der Waals surface area contributed by atoms with Crippen LogP contribution in [0.15, 0.2) is 25.3 Å². The van der Waals surface area contributed by atoms with E-state index in [0.29, 0.717) is 19.3 Å². The average Bonchev–Trinajstić information content (AvgIpc) is 1.85. The molecule has 0 saturated heterocycles. The summed E-state index contributed by atoms with van der Waals surface area (Å²) in [5.41, 5.74) is -0.863. The summed E-state index contributed by atoms with van der Waals surface area (Å²) in [7, 11) is 0. The first-order valence-electron chi connectivity index (χ1n) is 4.16. The van der Waals surface area contributed by atoms with Gasteiger partial charge < -0.3 is 10.2 Å². The van der Waals surface area contributed by atoms with E-state index in [1.54, 1.807) is 19.1 Å². The topological polar surface area (TPSA) is 40.5 Å². The van der Waals surface area contributed by atoms with Gasteiger partial charge in [0.15, 0.2) is 0 Å². The minimum Gasteiger partial charge on any atom is -0.393 e. The van der Waals surface area contributed by atoms with E-state index in [1.807, 2.05) is 0 Å². The largest absolute Gasteiger partial charge is 0.393 e. The number of hydrogen-bond donors (Lipinski definition) is 2. The van der Waals surface area contributed by atoms with E-state index >= 15 is 0 Å². The van der Waals surface area contributed by atoms with Crippen molar-refractivity contribution >= 4 is 0 Å². The third-order valence-corrected chi connectivity index (χ3v) is 1.72. The zero-order valence-corrected chi connectivity index (χ0v) is 7.66. The van der Waals surface area contributed by atoms with Crippen molar-refractivity contribution in [3.63, 3.8) is 0 Å². The van der Waals surface area contributed by atoms with Gasteiger partial charge in [-0.3, -0.25) is 0 Å². The summed E-state index contributed by atoms with van der Waals surface area (Å²) in [5.74, 6) is 0. The van der Waals surface area contributed by atoms with E-state index in [1.165, 1.54) is 0 Å². The molecular formula is C10H18O2. The van der Waals surface area contributed by atoms with Gasteiger partial charge >= 0.3 is 0 Å². The van der Waals surface area contributed by atoms with Crippen molar-refractivity contribution < 1.29 is 10.2 Å². The molecule has 0 aliphatic rings. The lowest BCUT2D eigenvalue weighted by molar-refractivity contribution is -0.00108. The Bertz CT molecular complexity index is 140. The minimum atomic E-state index is -0.863. The highest BCUT2D eigenvalue weighted by Crippen LogP contribution is 2.22. The molecule has 70 valence electrons. The van der Waals surface area contributed by atoms with Crippen LogP contribution in [0.4, 0.5) is 0 Å². The predicted molar refractivity (Wildman–Crippen MR) is 50.9 cm³/mol. The molecule has 0 aromatic carbocycles. The average molecular weight is 170 g/mol. The van der Waals surface area contributed by atoms with Gasteiger partial charge in [0.25, 0.3) is 0 Å². The van der Waals surface area contributed by atoms with Gasteiger partial charge in [-0.1, -0.05) is 12.2 Å². The molecule has 12 heavy (non-hydrogen) atoms. The third-order valence-electron chi connectivity index (χ3n) is 1.72. The molecule has 0 aromatic heterocycles. The van der Waals surface area contributed by atoms with Crippen molar-refractivity contribution in [2.75, 3.05) is 0 Å². The van der Waals surface area contributed by atoms with E-state index in [4.69, 9.17) is 5.11 Å². The van der Waals surface area contributed by atoms with Crippen LogP contribution in [-0.2, 0) is 0 Å². The monoisotopic (exact) mass is 170 g/mol. The summed E-state index contributed by atoms with van der Waals surface area (Å²) >= 11 is 0. The second kappa shape index (κ2) is 5.12. The van der Waals surface area contributed by atoms with Crippen LogP contribution in [0.5, 0.6) is 0 Å². The second-order valence-electron chi connectivity index (χ2n) is 3.26. The Morgan fingerprint density at radius 3 is 2.00 bits per heavy atom. The molecule has 0 amide bonds. The van der Waals surface area contributed by atoms with Gasteiger partial charge in [-0.15, -0.1) is 13.2 Å². The maximum atomic E-state index is 9.88. The van der Waals surface area contributed by atoms with Gasteiger partial charge in [-0.05, 0) is 19.8 Å². The molecule has 0 heterocycles. The molecule has 2 nitrogen and oxygen atoms in total. The zero-order valence-electron chi connectivity index (χ0n) is 7.66. The molecular weight excluding hydrogens is 152 g/mol. The Kier molecular flexibility index (Phi) is 4.86. The Morgan fingerprint density at radius 2 is 1.75 bits per heavy atom. The molecule has 0 rings (SSSR count). The Balaban J connectivity index is 4.15. The van der Waals surface area contributed by atoms with Crippen LogP contribution in [0.25, 0.3) is 0 Å². The maximum Gasteiger partial charge on any atom is 0.0740 e. The van der Waals surface area contributed by atoms with Crippen molar-refractivity contribution in [3.05, 3.63) is 25.3 Å². The summed E-state index contributed by atoms with van der Waals surface area (Å²) in [6.07, 6.45) is 4.17. The molecule has 0 saturated carbocycles.